The van der Waals surface area contributed by atoms with Gasteiger partial charge in [0.2, 0.25) is 11.6 Å². The van der Waals surface area contributed by atoms with Crippen LogP contribution in [0.4, 0.5) is 5.69 Å². The minimum Gasteiger partial charge on any atom is -0.456 e. The lowest BCUT2D eigenvalue weighted by Gasteiger charge is -2.34. The molecule has 6 rings (SSSR count). The summed E-state index contributed by atoms with van der Waals surface area (Å²) in [4.78, 5) is 37.2. The first-order chi connectivity index (χ1) is 16.0. The van der Waals surface area contributed by atoms with Crippen molar-refractivity contribution in [1.82, 2.24) is 0 Å². The average Bonchev–Trinajstić information content (AvgIpc) is 2.86. The third-order valence-electron chi connectivity index (χ3n) is 6.27. The summed E-state index contributed by atoms with van der Waals surface area (Å²) in [7, 11) is 0. The van der Waals surface area contributed by atoms with Crippen molar-refractivity contribution < 1.29 is 19.2 Å². The largest absolute Gasteiger partial charge is 0.456 e. The smallest absolute Gasteiger partial charge is 0.269 e. The van der Waals surface area contributed by atoms with Crippen LogP contribution in [-0.2, 0) is 4.79 Å². The molecule has 2 aliphatic rings. The van der Waals surface area contributed by atoms with Crippen LogP contribution in [0.25, 0.3) is 16.5 Å². The van der Waals surface area contributed by atoms with Gasteiger partial charge in [0, 0.05) is 34.7 Å². The van der Waals surface area contributed by atoms with Crippen molar-refractivity contribution in [1.29, 1.82) is 0 Å². The lowest BCUT2D eigenvalue weighted by Crippen LogP contribution is -2.31. The van der Waals surface area contributed by atoms with Gasteiger partial charge in [-0.1, -0.05) is 66.7 Å². The van der Waals surface area contributed by atoms with E-state index in [2.05, 4.69) is 0 Å². The Bertz CT molecular complexity index is 1550. The highest BCUT2D eigenvalue weighted by Crippen LogP contribution is 2.50. The maximum atomic E-state index is 13.4. The number of nitro benzene ring substituents is 1. The average molecular weight is 433 g/mol. The lowest BCUT2D eigenvalue weighted by atomic mass is 9.74. The molecule has 1 aliphatic heterocycles. The zero-order valence-electron chi connectivity index (χ0n) is 17.1. The predicted molar refractivity (Wildman–Crippen MR) is 122 cm³/mol. The molecule has 4 aromatic rings. The zero-order chi connectivity index (χ0) is 22.7. The van der Waals surface area contributed by atoms with Crippen LogP contribution in [0.2, 0.25) is 0 Å². The number of non-ortho nitro benzene ring substituents is 1. The summed E-state index contributed by atoms with van der Waals surface area (Å²) in [6.45, 7) is 0. The molecule has 0 aromatic heterocycles. The fourth-order valence-electron chi connectivity index (χ4n) is 4.78. The van der Waals surface area contributed by atoms with Crippen LogP contribution < -0.4 is 4.74 Å². The Labute approximate surface area is 187 Å². The number of ether oxygens (including phenoxy) is 1. The van der Waals surface area contributed by atoms with Crippen LogP contribution in [0.15, 0.2) is 90.5 Å². The molecular formula is C27H15NO5. The number of Topliss-reactive ketones (excluding diaryl/α,β-unsaturated/α-hetero) is 2. The Balaban J connectivity index is 1.69. The minimum absolute atomic E-state index is 0.0467. The maximum Gasteiger partial charge on any atom is 0.269 e. The van der Waals surface area contributed by atoms with E-state index in [0.717, 1.165) is 16.3 Å². The molecule has 1 aliphatic carbocycles. The molecular weight excluding hydrogens is 418 g/mol. The first kappa shape index (κ1) is 19.1. The molecule has 1 heterocycles. The van der Waals surface area contributed by atoms with Gasteiger partial charge < -0.3 is 4.74 Å². The topological polar surface area (TPSA) is 86.5 Å². The normalized spacial score (nSPS) is 16.7. The summed E-state index contributed by atoms with van der Waals surface area (Å²) in [5, 5.41) is 13.1. The monoisotopic (exact) mass is 433 g/mol. The summed E-state index contributed by atoms with van der Waals surface area (Å²) in [5.41, 5.74) is 2.54. The molecule has 33 heavy (non-hydrogen) atoms. The van der Waals surface area contributed by atoms with Gasteiger partial charge in [-0.25, -0.2) is 0 Å². The molecule has 0 amide bonds. The number of carbonyl (C=O) groups excluding carboxylic acids is 2. The number of ketones is 2. The van der Waals surface area contributed by atoms with Gasteiger partial charge in [-0.15, -0.1) is 0 Å². The van der Waals surface area contributed by atoms with E-state index >= 15 is 0 Å². The highest BCUT2D eigenvalue weighted by atomic mass is 16.6. The molecule has 1 unspecified atom stereocenters. The van der Waals surface area contributed by atoms with Gasteiger partial charge in [-0.3, -0.25) is 19.7 Å². The molecule has 0 fully saturated rings. The number of rotatable bonds is 2. The highest BCUT2D eigenvalue weighted by Gasteiger charge is 2.43. The van der Waals surface area contributed by atoms with Crippen molar-refractivity contribution in [3.63, 3.8) is 0 Å². The number of carbonyl (C=O) groups is 2. The Morgan fingerprint density at radius 3 is 2.21 bits per heavy atom. The van der Waals surface area contributed by atoms with Crippen molar-refractivity contribution in [3.8, 4) is 5.75 Å². The van der Waals surface area contributed by atoms with E-state index in [1.807, 2.05) is 36.4 Å². The van der Waals surface area contributed by atoms with Crippen LogP contribution in [0.1, 0.15) is 33.0 Å². The Morgan fingerprint density at radius 1 is 0.758 bits per heavy atom. The zero-order valence-corrected chi connectivity index (χ0v) is 17.1. The van der Waals surface area contributed by atoms with E-state index in [9.17, 15) is 19.7 Å². The minimum atomic E-state index is -0.620. The number of benzene rings is 4. The molecule has 158 valence electrons. The van der Waals surface area contributed by atoms with Crippen molar-refractivity contribution in [2.24, 2.45) is 0 Å². The fraction of sp³-hybridized carbons (Fsp3) is 0.0370. The van der Waals surface area contributed by atoms with Crippen molar-refractivity contribution >= 4 is 33.8 Å². The van der Waals surface area contributed by atoms with E-state index in [0.29, 0.717) is 28.2 Å². The number of hydrogen-bond donors (Lipinski definition) is 0. The van der Waals surface area contributed by atoms with E-state index in [1.54, 1.807) is 36.4 Å². The molecule has 1 atom stereocenters. The van der Waals surface area contributed by atoms with Crippen LogP contribution in [0.5, 0.6) is 5.75 Å². The summed E-state index contributed by atoms with van der Waals surface area (Å²) in [6, 6.07) is 24.6. The van der Waals surface area contributed by atoms with Crippen LogP contribution in [-0.4, -0.2) is 16.5 Å². The van der Waals surface area contributed by atoms with Crippen molar-refractivity contribution in [2.45, 2.75) is 5.92 Å². The molecule has 6 nitrogen and oxygen atoms in total. The molecule has 0 N–H and O–H groups in total. The van der Waals surface area contributed by atoms with Crippen molar-refractivity contribution in [3.05, 3.63) is 123 Å². The Morgan fingerprint density at radius 2 is 1.45 bits per heavy atom. The second-order valence-corrected chi connectivity index (χ2v) is 8.03. The summed E-state index contributed by atoms with van der Waals surface area (Å²) < 4.78 is 6.30. The van der Waals surface area contributed by atoms with Gasteiger partial charge in [0.25, 0.3) is 5.69 Å². The van der Waals surface area contributed by atoms with Crippen LogP contribution in [0, 0.1) is 10.1 Å². The molecule has 0 spiro atoms. The van der Waals surface area contributed by atoms with E-state index in [1.165, 1.54) is 12.1 Å². The number of nitro groups is 1. The summed E-state index contributed by atoms with van der Waals surface area (Å²) in [6.07, 6.45) is 0. The van der Waals surface area contributed by atoms with Gasteiger partial charge in [-0.05, 0) is 22.4 Å². The third kappa shape index (κ3) is 2.74. The van der Waals surface area contributed by atoms with Gasteiger partial charge >= 0.3 is 0 Å². The van der Waals surface area contributed by atoms with Crippen LogP contribution >= 0.6 is 0 Å². The maximum absolute atomic E-state index is 13.4. The first-order valence-corrected chi connectivity index (χ1v) is 10.4. The number of nitrogens with zero attached hydrogens (tertiary/aromatic N) is 1. The van der Waals surface area contributed by atoms with Crippen molar-refractivity contribution in [2.75, 3.05) is 0 Å². The third-order valence-corrected chi connectivity index (χ3v) is 6.27. The molecule has 0 saturated carbocycles. The number of fused-ring (bicyclic) bond motifs is 5. The molecule has 0 radical (unpaired) electrons. The van der Waals surface area contributed by atoms with E-state index < -0.39 is 22.4 Å². The Kier molecular flexibility index (Phi) is 4.04. The fourth-order valence-corrected chi connectivity index (χ4v) is 4.78. The SMILES string of the molecule is O=C1C(=O)c2ccccc2C2=C1C(c1ccc([N+](=O)[O-])cc1)c1c(ccc3ccccc13)O2. The summed E-state index contributed by atoms with van der Waals surface area (Å²) >= 11 is 0. The van der Waals surface area contributed by atoms with E-state index in [4.69, 9.17) is 4.74 Å². The molecule has 0 bridgehead atoms. The Hall–Kier alpha value is -4.58. The molecule has 6 heteroatoms. The highest BCUT2D eigenvalue weighted by molar-refractivity contribution is 6.52. The van der Waals surface area contributed by atoms with Gasteiger partial charge in [0.1, 0.15) is 11.5 Å². The van der Waals surface area contributed by atoms with Gasteiger partial charge in [0.05, 0.1) is 10.5 Å². The first-order valence-electron chi connectivity index (χ1n) is 10.4. The second-order valence-electron chi connectivity index (χ2n) is 8.03. The molecule has 4 aromatic carbocycles. The lowest BCUT2D eigenvalue weighted by molar-refractivity contribution is -0.384. The number of hydrogen-bond acceptors (Lipinski definition) is 5. The van der Waals surface area contributed by atoms with E-state index in [-0.39, 0.29) is 11.3 Å². The second kappa shape index (κ2) is 6.97. The quantitative estimate of drug-likeness (QED) is 0.238. The molecule has 0 saturated heterocycles. The predicted octanol–water partition coefficient (Wildman–Crippen LogP) is 5.45. The van der Waals surface area contributed by atoms with Gasteiger partial charge in [0.15, 0.2) is 0 Å². The van der Waals surface area contributed by atoms with Gasteiger partial charge in [-0.2, -0.15) is 0 Å². The number of allylic oxidation sites excluding steroid dienone is 1. The van der Waals surface area contributed by atoms with Crippen LogP contribution in [0.3, 0.4) is 0 Å². The standard InChI is InChI=1S/C27H15NO5/c29-25-19-7-3-4-8-20(19)27-24(26(25)30)22(16-9-12-17(13-10-16)28(31)32)23-18-6-2-1-5-15(18)11-14-21(23)33-27/h1-14,22H. The summed E-state index contributed by atoms with van der Waals surface area (Å²) in [5.74, 6) is -0.858.